The summed E-state index contributed by atoms with van der Waals surface area (Å²) < 4.78 is 2.05. The molecule has 1 amide bonds. The smallest absolute Gasteiger partial charge is 0.254 e. The maximum absolute atomic E-state index is 12.8. The minimum atomic E-state index is 0.0183. The number of aromatic nitrogens is 2. The van der Waals surface area contributed by atoms with Crippen LogP contribution in [0.25, 0.3) is 0 Å². The van der Waals surface area contributed by atoms with Gasteiger partial charge in [0.15, 0.2) is 0 Å². The summed E-state index contributed by atoms with van der Waals surface area (Å²) in [6.07, 6.45) is 3.70. The Morgan fingerprint density at radius 2 is 1.96 bits per heavy atom. The largest absolute Gasteiger partial charge is 0.331 e. The number of hydrogen-bond acceptors (Lipinski definition) is 2. The van der Waals surface area contributed by atoms with Gasteiger partial charge in [0.2, 0.25) is 0 Å². The van der Waals surface area contributed by atoms with E-state index in [2.05, 4.69) is 9.55 Å². The van der Waals surface area contributed by atoms with Crippen LogP contribution in [0.1, 0.15) is 34.2 Å². The van der Waals surface area contributed by atoms with Crippen molar-refractivity contribution >= 4 is 17.5 Å². The third-order valence-electron chi connectivity index (χ3n) is 4.34. The summed E-state index contributed by atoms with van der Waals surface area (Å²) in [5.74, 6) is 0.872. The second-order valence-electron chi connectivity index (χ2n) is 6.29. The Morgan fingerprint density at radius 1 is 1.19 bits per heavy atom. The fraction of sp³-hybridized carbons (Fsp3) is 0.238. The van der Waals surface area contributed by atoms with Gasteiger partial charge in [-0.25, -0.2) is 4.98 Å². The van der Waals surface area contributed by atoms with Crippen LogP contribution in [0, 0.1) is 6.92 Å². The first-order chi connectivity index (χ1) is 12.6. The molecule has 1 aromatic heterocycles. The highest BCUT2D eigenvalue weighted by molar-refractivity contribution is 6.30. The van der Waals surface area contributed by atoms with E-state index in [0.29, 0.717) is 30.2 Å². The van der Waals surface area contributed by atoms with E-state index in [1.807, 2.05) is 73.5 Å². The zero-order valence-corrected chi connectivity index (χ0v) is 15.8. The molecule has 2 aromatic carbocycles. The highest BCUT2D eigenvalue weighted by Crippen LogP contribution is 2.14. The van der Waals surface area contributed by atoms with E-state index in [1.165, 1.54) is 0 Å². The quantitative estimate of drug-likeness (QED) is 0.640. The number of imidazole rings is 1. The highest BCUT2D eigenvalue weighted by Gasteiger charge is 2.17. The molecule has 3 rings (SSSR count). The molecule has 26 heavy (non-hydrogen) atoms. The van der Waals surface area contributed by atoms with Crippen molar-refractivity contribution in [3.05, 3.63) is 88.5 Å². The molecular formula is C21H22ClN3O. The first-order valence-corrected chi connectivity index (χ1v) is 9.05. The van der Waals surface area contributed by atoms with Gasteiger partial charge in [0.25, 0.3) is 5.91 Å². The monoisotopic (exact) mass is 367 g/mol. The van der Waals surface area contributed by atoms with Crippen LogP contribution in [0.15, 0.2) is 60.9 Å². The van der Waals surface area contributed by atoms with Crippen molar-refractivity contribution in [1.82, 2.24) is 14.5 Å². The minimum Gasteiger partial charge on any atom is -0.331 e. The van der Waals surface area contributed by atoms with Gasteiger partial charge < -0.3 is 9.47 Å². The Balaban J connectivity index is 1.76. The Hall–Kier alpha value is -2.59. The third-order valence-corrected chi connectivity index (χ3v) is 4.58. The fourth-order valence-electron chi connectivity index (χ4n) is 2.84. The molecule has 0 radical (unpaired) electrons. The van der Waals surface area contributed by atoms with Gasteiger partial charge in [0, 0.05) is 36.1 Å². The molecule has 0 aliphatic rings. The van der Waals surface area contributed by atoms with Crippen molar-refractivity contribution in [1.29, 1.82) is 0 Å². The first kappa shape index (κ1) is 18.2. The van der Waals surface area contributed by atoms with Crippen LogP contribution in [0.5, 0.6) is 0 Å². The summed E-state index contributed by atoms with van der Waals surface area (Å²) >= 11 is 6.07. The Kier molecular flexibility index (Phi) is 5.74. The molecule has 5 heteroatoms. The van der Waals surface area contributed by atoms with Crippen LogP contribution >= 0.6 is 11.6 Å². The van der Waals surface area contributed by atoms with Crippen molar-refractivity contribution in [2.45, 2.75) is 26.9 Å². The average molecular weight is 368 g/mol. The number of carbonyl (C=O) groups is 1. The summed E-state index contributed by atoms with van der Waals surface area (Å²) in [7, 11) is 0. The standard InChI is InChI=1S/C21H22ClN3O/c1-3-24(21(26)18-9-7-16(2)8-10-18)15-20-23-11-12-25(20)14-17-5-4-6-19(22)13-17/h4-13H,3,14-15H2,1-2H3. The van der Waals surface area contributed by atoms with Gasteiger partial charge in [-0.15, -0.1) is 0 Å². The summed E-state index contributed by atoms with van der Waals surface area (Å²) in [5, 5.41) is 0.717. The van der Waals surface area contributed by atoms with Crippen molar-refractivity contribution in [3.8, 4) is 0 Å². The number of amides is 1. The van der Waals surface area contributed by atoms with Crippen molar-refractivity contribution in [3.63, 3.8) is 0 Å². The van der Waals surface area contributed by atoms with Crippen LogP contribution in [-0.2, 0) is 13.1 Å². The summed E-state index contributed by atoms with van der Waals surface area (Å²) in [4.78, 5) is 19.1. The van der Waals surface area contributed by atoms with Crippen LogP contribution in [-0.4, -0.2) is 26.9 Å². The van der Waals surface area contributed by atoms with Gasteiger partial charge in [0.05, 0.1) is 6.54 Å². The lowest BCUT2D eigenvalue weighted by atomic mass is 10.1. The zero-order valence-electron chi connectivity index (χ0n) is 15.0. The van der Waals surface area contributed by atoms with Gasteiger partial charge in [-0.2, -0.15) is 0 Å². The molecule has 0 fully saturated rings. The van der Waals surface area contributed by atoms with E-state index in [1.54, 1.807) is 6.20 Å². The molecule has 134 valence electrons. The molecule has 1 heterocycles. The Labute approximate surface area is 159 Å². The van der Waals surface area contributed by atoms with E-state index >= 15 is 0 Å². The van der Waals surface area contributed by atoms with Gasteiger partial charge in [-0.1, -0.05) is 41.4 Å². The predicted octanol–water partition coefficient (Wildman–Crippen LogP) is 4.56. The molecule has 0 aliphatic heterocycles. The SMILES string of the molecule is CCN(Cc1nccn1Cc1cccc(Cl)c1)C(=O)c1ccc(C)cc1. The molecule has 3 aromatic rings. The lowest BCUT2D eigenvalue weighted by Gasteiger charge is -2.21. The predicted molar refractivity (Wildman–Crippen MR) is 104 cm³/mol. The molecule has 0 spiro atoms. The molecule has 0 atom stereocenters. The highest BCUT2D eigenvalue weighted by atomic mass is 35.5. The summed E-state index contributed by atoms with van der Waals surface area (Å²) in [6.45, 7) is 5.76. The lowest BCUT2D eigenvalue weighted by molar-refractivity contribution is 0.0747. The van der Waals surface area contributed by atoms with E-state index in [-0.39, 0.29) is 5.91 Å². The van der Waals surface area contributed by atoms with Gasteiger partial charge >= 0.3 is 0 Å². The fourth-order valence-corrected chi connectivity index (χ4v) is 3.06. The van der Waals surface area contributed by atoms with E-state index < -0.39 is 0 Å². The molecule has 0 bridgehead atoms. The van der Waals surface area contributed by atoms with Crippen molar-refractivity contribution in [2.75, 3.05) is 6.54 Å². The number of hydrogen-bond donors (Lipinski definition) is 0. The third kappa shape index (κ3) is 4.33. The summed E-state index contributed by atoms with van der Waals surface area (Å²) in [5.41, 5.74) is 2.94. The zero-order chi connectivity index (χ0) is 18.5. The topological polar surface area (TPSA) is 38.1 Å². The Morgan fingerprint density at radius 3 is 2.65 bits per heavy atom. The van der Waals surface area contributed by atoms with E-state index in [9.17, 15) is 4.79 Å². The Bertz CT molecular complexity index is 886. The van der Waals surface area contributed by atoms with Crippen LogP contribution in [0.2, 0.25) is 5.02 Å². The van der Waals surface area contributed by atoms with Crippen LogP contribution in [0.4, 0.5) is 0 Å². The number of rotatable bonds is 6. The summed E-state index contributed by atoms with van der Waals surface area (Å²) in [6, 6.07) is 15.4. The number of halogens is 1. The number of carbonyl (C=O) groups excluding carboxylic acids is 1. The van der Waals surface area contributed by atoms with Gasteiger partial charge in [-0.05, 0) is 43.7 Å². The number of benzene rings is 2. The van der Waals surface area contributed by atoms with Crippen LogP contribution < -0.4 is 0 Å². The molecular weight excluding hydrogens is 346 g/mol. The van der Waals surface area contributed by atoms with E-state index in [0.717, 1.165) is 17.0 Å². The average Bonchev–Trinajstić information content (AvgIpc) is 3.06. The maximum atomic E-state index is 12.8. The second-order valence-corrected chi connectivity index (χ2v) is 6.72. The lowest BCUT2D eigenvalue weighted by Crippen LogP contribution is -2.31. The first-order valence-electron chi connectivity index (χ1n) is 8.67. The normalized spacial score (nSPS) is 10.7. The molecule has 0 N–H and O–H groups in total. The molecule has 0 unspecified atom stereocenters. The minimum absolute atomic E-state index is 0.0183. The molecule has 4 nitrogen and oxygen atoms in total. The molecule has 0 saturated carbocycles. The molecule has 0 aliphatic carbocycles. The van der Waals surface area contributed by atoms with Crippen LogP contribution in [0.3, 0.4) is 0 Å². The van der Waals surface area contributed by atoms with Gasteiger partial charge in [-0.3, -0.25) is 4.79 Å². The van der Waals surface area contributed by atoms with Crippen molar-refractivity contribution < 1.29 is 4.79 Å². The number of nitrogens with zero attached hydrogens (tertiary/aromatic N) is 3. The maximum Gasteiger partial charge on any atom is 0.254 e. The van der Waals surface area contributed by atoms with E-state index in [4.69, 9.17) is 11.6 Å². The van der Waals surface area contributed by atoms with Gasteiger partial charge in [0.1, 0.15) is 5.82 Å². The van der Waals surface area contributed by atoms with Crippen molar-refractivity contribution in [2.24, 2.45) is 0 Å². The second kappa shape index (κ2) is 8.19. The number of aryl methyl sites for hydroxylation is 1. The molecule has 0 saturated heterocycles.